The van der Waals surface area contributed by atoms with Gasteiger partial charge in [-0.25, -0.2) is 0 Å². The summed E-state index contributed by atoms with van der Waals surface area (Å²) < 4.78 is 11.5. The molecule has 24 heavy (non-hydrogen) atoms. The summed E-state index contributed by atoms with van der Waals surface area (Å²) in [6.07, 6.45) is 0. The average Bonchev–Trinajstić information content (AvgIpc) is 2.56. The number of hydrogen-bond donors (Lipinski definition) is 4. The highest BCUT2D eigenvalue weighted by atomic mass is 16.5. The number of ether oxygens (including phenoxy) is 2. The Morgan fingerprint density at radius 3 is 1.42 bits per heavy atom. The minimum absolute atomic E-state index is 0.0608. The van der Waals surface area contributed by atoms with E-state index >= 15 is 0 Å². The van der Waals surface area contributed by atoms with Crippen LogP contribution in [-0.2, 0) is 0 Å². The molecule has 0 fully saturated rings. The molecule has 3 aromatic carbocycles. The summed E-state index contributed by atoms with van der Waals surface area (Å²) in [6.45, 7) is 0. The summed E-state index contributed by atoms with van der Waals surface area (Å²) in [6, 6.07) is 16.2. The van der Waals surface area contributed by atoms with E-state index in [0.29, 0.717) is 23.0 Å². The van der Waals surface area contributed by atoms with E-state index in [4.69, 9.17) is 20.9 Å². The van der Waals surface area contributed by atoms with Crippen LogP contribution in [0.2, 0.25) is 0 Å². The quantitative estimate of drug-likeness (QED) is 0.428. The fourth-order valence-corrected chi connectivity index (χ4v) is 2.05. The van der Waals surface area contributed by atoms with Gasteiger partial charge in [0, 0.05) is 12.1 Å². The molecule has 6 nitrogen and oxygen atoms in total. The Labute approximate surface area is 138 Å². The Hall–Kier alpha value is -3.54. The average molecular weight is 324 g/mol. The molecule has 0 radical (unpaired) electrons. The number of nitrogen functional groups attached to an aromatic ring is 2. The first-order chi connectivity index (χ1) is 11.5. The maximum absolute atomic E-state index is 9.66. The van der Waals surface area contributed by atoms with E-state index in [1.54, 1.807) is 48.5 Å². The molecule has 0 amide bonds. The van der Waals surface area contributed by atoms with Crippen LogP contribution in [0.4, 0.5) is 11.4 Å². The van der Waals surface area contributed by atoms with Crippen LogP contribution in [0.15, 0.2) is 60.7 Å². The summed E-state index contributed by atoms with van der Waals surface area (Å²) in [7, 11) is 0. The van der Waals surface area contributed by atoms with Gasteiger partial charge >= 0.3 is 0 Å². The van der Waals surface area contributed by atoms with Gasteiger partial charge in [0.15, 0.2) is 11.5 Å². The molecule has 3 rings (SSSR count). The van der Waals surface area contributed by atoms with Crippen molar-refractivity contribution in [1.29, 1.82) is 0 Å². The molecule has 0 bridgehead atoms. The highest BCUT2D eigenvalue weighted by molar-refractivity contribution is 5.57. The topological polar surface area (TPSA) is 111 Å². The van der Waals surface area contributed by atoms with Crippen LogP contribution in [0.5, 0.6) is 34.5 Å². The summed E-state index contributed by atoms with van der Waals surface area (Å²) in [5.41, 5.74) is 11.7. The molecular formula is C18H16N2O4. The maximum atomic E-state index is 9.66. The van der Waals surface area contributed by atoms with Crippen LogP contribution in [0.3, 0.4) is 0 Å². The van der Waals surface area contributed by atoms with Crippen LogP contribution in [-0.4, -0.2) is 10.2 Å². The van der Waals surface area contributed by atoms with Crippen molar-refractivity contribution in [2.75, 3.05) is 11.5 Å². The van der Waals surface area contributed by atoms with Gasteiger partial charge in [0.2, 0.25) is 0 Å². The Bertz CT molecular complexity index is 808. The summed E-state index contributed by atoms with van der Waals surface area (Å²) in [4.78, 5) is 0. The number of para-hydroxylation sites is 2. The van der Waals surface area contributed by atoms with E-state index < -0.39 is 0 Å². The van der Waals surface area contributed by atoms with Gasteiger partial charge in [0.05, 0.1) is 11.4 Å². The smallest absolute Gasteiger partial charge is 0.169 e. The number of nitrogens with two attached hydrogens (primary N) is 2. The van der Waals surface area contributed by atoms with Gasteiger partial charge in [0.1, 0.15) is 23.0 Å². The first-order valence-electron chi connectivity index (χ1n) is 7.14. The zero-order chi connectivity index (χ0) is 17.1. The Balaban J connectivity index is 1.87. The third kappa shape index (κ3) is 3.27. The summed E-state index contributed by atoms with van der Waals surface area (Å²) in [5, 5.41) is 19.3. The molecule has 0 aliphatic rings. The molecule has 0 aliphatic carbocycles. The lowest BCUT2D eigenvalue weighted by Crippen LogP contribution is -1.92. The number of hydrogen-bond acceptors (Lipinski definition) is 6. The summed E-state index contributed by atoms with van der Waals surface area (Å²) >= 11 is 0. The van der Waals surface area contributed by atoms with Crippen LogP contribution < -0.4 is 20.9 Å². The van der Waals surface area contributed by atoms with Gasteiger partial charge in [-0.15, -0.1) is 0 Å². The number of phenols is 2. The molecule has 0 aliphatic heterocycles. The SMILES string of the molecule is Nc1ccc(Oc2ccccc2Oc2ccc(N)c(O)c2)cc1O. The van der Waals surface area contributed by atoms with E-state index in [0.717, 1.165) is 0 Å². The summed E-state index contributed by atoms with van der Waals surface area (Å²) in [5.74, 6) is 1.59. The molecular weight excluding hydrogens is 308 g/mol. The molecule has 6 heteroatoms. The molecule has 122 valence electrons. The first-order valence-corrected chi connectivity index (χ1v) is 7.14. The van der Waals surface area contributed by atoms with Gasteiger partial charge < -0.3 is 31.2 Å². The normalized spacial score (nSPS) is 10.3. The lowest BCUT2D eigenvalue weighted by Gasteiger charge is -2.13. The Morgan fingerprint density at radius 2 is 1.04 bits per heavy atom. The van der Waals surface area contributed by atoms with Crippen molar-refractivity contribution < 1.29 is 19.7 Å². The molecule has 0 saturated carbocycles. The fraction of sp³-hybridized carbons (Fsp3) is 0. The lowest BCUT2D eigenvalue weighted by atomic mass is 10.2. The van der Waals surface area contributed by atoms with Gasteiger partial charge in [-0.05, 0) is 36.4 Å². The third-order valence-electron chi connectivity index (χ3n) is 3.31. The first kappa shape index (κ1) is 15.4. The van der Waals surface area contributed by atoms with Crippen molar-refractivity contribution in [1.82, 2.24) is 0 Å². The minimum Gasteiger partial charge on any atom is -0.506 e. The largest absolute Gasteiger partial charge is 0.506 e. The van der Waals surface area contributed by atoms with Crippen molar-refractivity contribution in [3.8, 4) is 34.5 Å². The highest BCUT2D eigenvalue weighted by Crippen LogP contribution is 2.37. The van der Waals surface area contributed by atoms with Crippen molar-refractivity contribution in [3.63, 3.8) is 0 Å². The molecule has 0 atom stereocenters. The maximum Gasteiger partial charge on any atom is 0.169 e. The molecule has 0 saturated heterocycles. The van der Waals surface area contributed by atoms with E-state index in [1.165, 1.54) is 12.1 Å². The number of rotatable bonds is 4. The zero-order valence-electron chi connectivity index (χ0n) is 12.6. The van der Waals surface area contributed by atoms with Crippen molar-refractivity contribution in [3.05, 3.63) is 60.7 Å². The second-order valence-corrected chi connectivity index (χ2v) is 5.09. The van der Waals surface area contributed by atoms with E-state index in [1.807, 2.05) is 0 Å². The Morgan fingerprint density at radius 1 is 0.625 bits per heavy atom. The predicted octanol–water partition coefficient (Wildman–Crippen LogP) is 3.85. The monoisotopic (exact) mass is 324 g/mol. The van der Waals surface area contributed by atoms with Crippen LogP contribution in [0, 0.1) is 0 Å². The molecule has 0 unspecified atom stereocenters. The van der Waals surface area contributed by atoms with Crippen molar-refractivity contribution in [2.24, 2.45) is 0 Å². The van der Waals surface area contributed by atoms with Crippen LogP contribution >= 0.6 is 0 Å². The number of anilines is 2. The van der Waals surface area contributed by atoms with E-state index in [-0.39, 0.29) is 22.9 Å². The standard InChI is InChI=1S/C18H16N2O4/c19-13-7-5-11(9-15(13)21)23-17-3-1-2-4-18(17)24-12-6-8-14(20)16(22)10-12/h1-10,21-22H,19-20H2. The van der Waals surface area contributed by atoms with Gasteiger partial charge in [-0.1, -0.05) is 12.1 Å². The van der Waals surface area contributed by atoms with E-state index in [2.05, 4.69) is 0 Å². The van der Waals surface area contributed by atoms with Crippen LogP contribution in [0.25, 0.3) is 0 Å². The van der Waals surface area contributed by atoms with Crippen molar-refractivity contribution >= 4 is 11.4 Å². The third-order valence-corrected chi connectivity index (χ3v) is 3.31. The second kappa shape index (κ2) is 6.29. The molecule has 6 N–H and O–H groups in total. The molecule has 0 spiro atoms. The van der Waals surface area contributed by atoms with Crippen LogP contribution in [0.1, 0.15) is 0 Å². The van der Waals surface area contributed by atoms with Gasteiger partial charge in [-0.2, -0.15) is 0 Å². The van der Waals surface area contributed by atoms with Gasteiger partial charge in [-0.3, -0.25) is 0 Å². The second-order valence-electron chi connectivity index (χ2n) is 5.09. The lowest BCUT2D eigenvalue weighted by molar-refractivity contribution is 0.411. The molecule has 0 heterocycles. The molecule has 3 aromatic rings. The molecule has 0 aromatic heterocycles. The Kier molecular flexibility index (Phi) is 4.03. The predicted molar refractivity (Wildman–Crippen MR) is 91.6 cm³/mol. The van der Waals surface area contributed by atoms with Gasteiger partial charge in [0.25, 0.3) is 0 Å². The number of aromatic hydroxyl groups is 2. The fourth-order valence-electron chi connectivity index (χ4n) is 2.05. The number of phenolic OH excluding ortho intramolecular Hbond substituents is 2. The highest BCUT2D eigenvalue weighted by Gasteiger charge is 2.09. The van der Waals surface area contributed by atoms with E-state index in [9.17, 15) is 10.2 Å². The zero-order valence-corrected chi connectivity index (χ0v) is 12.6. The number of benzene rings is 3. The van der Waals surface area contributed by atoms with Crippen molar-refractivity contribution in [2.45, 2.75) is 0 Å². The minimum atomic E-state index is -0.0608.